The molecule has 82 valence electrons. The van der Waals surface area contributed by atoms with Crippen LogP contribution < -0.4 is 0 Å². The minimum Gasteiger partial charge on any atom is -0.378 e. The normalized spacial score (nSPS) is 31.7. The average molecular weight is 217 g/mol. The molecule has 0 aromatic rings. The summed E-state index contributed by atoms with van der Waals surface area (Å²) in [4.78, 5) is 0. The second-order valence-corrected chi connectivity index (χ2v) is 5.50. The maximum Gasteiger partial charge on any atom is 0.0576 e. The highest BCUT2D eigenvalue weighted by molar-refractivity contribution is 6.18. The fourth-order valence-electron chi connectivity index (χ4n) is 2.52. The SMILES string of the molecule is CC(CCl)(CCC1CCCO1)C1CC1. The van der Waals surface area contributed by atoms with Crippen LogP contribution in [0.1, 0.15) is 45.4 Å². The standard InChI is InChI=1S/C12H21ClO/c1-12(9-13,10-4-5-10)7-6-11-3-2-8-14-11/h10-11H,2-9H2,1H3. The lowest BCUT2D eigenvalue weighted by molar-refractivity contribution is 0.0892. The zero-order valence-electron chi connectivity index (χ0n) is 9.10. The number of halogens is 1. The molecule has 14 heavy (non-hydrogen) atoms. The second-order valence-electron chi connectivity index (χ2n) is 5.24. The molecule has 1 saturated heterocycles. The van der Waals surface area contributed by atoms with Crippen LogP contribution >= 0.6 is 11.6 Å². The Morgan fingerprint density at radius 3 is 2.64 bits per heavy atom. The molecule has 2 rings (SSSR count). The van der Waals surface area contributed by atoms with Crippen LogP contribution in [0.15, 0.2) is 0 Å². The van der Waals surface area contributed by atoms with E-state index in [0.717, 1.165) is 18.4 Å². The van der Waals surface area contributed by atoms with Gasteiger partial charge in [-0.15, -0.1) is 11.6 Å². The molecule has 1 saturated carbocycles. The van der Waals surface area contributed by atoms with Gasteiger partial charge in [0.2, 0.25) is 0 Å². The summed E-state index contributed by atoms with van der Waals surface area (Å²) in [7, 11) is 0. The van der Waals surface area contributed by atoms with Crippen LogP contribution in [0, 0.1) is 11.3 Å². The average Bonchev–Trinajstić information content (AvgIpc) is 2.94. The molecule has 0 bridgehead atoms. The zero-order valence-corrected chi connectivity index (χ0v) is 9.85. The fourth-order valence-corrected chi connectivity index (χ4v) is 2.87. The third-order valence-electron chi connectivity index (χ3n) is 3.93. The lowest BCUT2D eigenvalue weighted by Gasteiger charge is -2.28. The Morgan fingerprint density at radius 2 is 2.14 bits per heavy atom. The first kappa shape index (κ1) is 10.8. The molecule has 0 N–H and O–H groups in total. The van der Waals surface area contributed by atoms with E-state index in [4.69, 9.17) is 16.3 Å². The van der Waals surface area contributed by atoms with Gasteiger partial charge in [0.05, 0.1) is 6.10 Å². The van der Waals surface area contributed by atoms with Crippen molar-refractivity contribution in [3.63, 3.8) is 0 Å². The van der Waals surface area contributed by atoms with Crippen molar-refractivity contribution in [1.82, 2.24) is 0 Å². The number of rotatable bonds is 5. The molecule has 2 fully saturated rings. The first-order chi connectivity index (χ1) is 6.74. The van der Waals surface area contributed by atoms with Crippen molar-refractivity contribution < 1.29 is 4.74 Å². The van der Waals surface area contributed by atoms with Crippen molar-refractivity contribution in [3.05, 3.63) is 0 Å². The quantitative estimate of drug-likeness (QED) is 0.639. The lowest BCUT2D eigenvalue weighted by Crippen LogP contribution is -2.23. The first-order valence-electron chi connectivity index (χ1n) is 5.92. The molecule has 0 aromatic heterocycles. The number of alkyl halides is 1. The Labute approximate surface area is 92.2 Å². The molecule has 2 atom stereocenters. The molecule has 1 heterocycles. The smallest absolute Gasteiger partial charge is 0.0576 e. The molecule has 1 aliphatic carbocycles. The van der Waals surface area contributed by atoms with Crippen LogP contribution in [-0.4, -0.2) is 18.6 Å². The van der Waals surface area contributed by atoms with E-state index in [2.05, 4.69) is 6.92 Å². The highest BCUT2D eigenvalue weighted by Crippen LogP contribution is 2.49. The predicted octanol–water partition coefficient (Wildman–Crippen LogP) is 3.60. The van der Waals surface area contributed by atoms with E-state index in [1.165, 1.54) is 38.5 Å². The Hall–Kier alpha value is 0.250. The Balaban J connectivity index is 1.76. The highest BCUT2D eigenvalue weighted by Gasteiger charge is 2.40. The van der Waals surface area contributed by atoms with Gasteiger partial charge in [-0.25, -0.2) is 0 Å². The van der Waals surface area contributed by atoms with Gasteiger partial charge in [-0.3, -0.25) is 0 Å². The van der Waals surface area contributed by atoms with Crippen LogP contribution in [0.3, 0.4) is 0 Å². The monoisotopic (exact) mass is 216 g/mol. The van der Waals surface area contributed by atoms with Gasteiger partial charge in [0.1, 0.15) is 0 Å². The molecule has 2 aliphatic rings. The van der Waals surface area contributed by atoms with Gasteiger partial charge in [-0.1, -0.05) is 6.92 Å². The maximum absolute atomic E-state index is 6.09. The van der Waals surface area contributed by atoms with Gasteiger partial charge in [0, 0.05) is 12.5 Å². The van der Waals surface area contributed by atoms with Crippen molar-refractivity contribution in [2.75, 3.05) is 12.5 Å². The van der Waals surface area contributed by atoms with Gasteiger partial charge >= 0.3 is 0 Å². The topological polar surface area (TPSA) is 9.23 Å². The summed E-state index contributed by atoms with van der Waals surface area (Å²) < 4.78 is 5.65. The Kier molecular flexibility index (Phi) is 3.38. The predicted molar refractivity (Wildman–Crippen MR) is 59.8 cm³/mol. The number of ether oxygens (including phenoxy) is 1. The van der Waals surface area contributed by atoms with E-state index in [9.17, 15) is 0 Å². The minimum atomic E-state index is 0.396. The van der Waals surface area contributed by atoms with E-state index in [-0.39, 0.29) is 0 Å². The summed E-state index contributed by atoms with van der Waals surface area (Å²) in [6.45, 7) is 3.33. The Morgan fingerprint density at radius 1 is 1.36 bits per heavy atom. The first-order valence-corrected chi connectivity index (χ1v) is 6.45. The van der Waals surface area contributed by atoms with E-state index in [1.807, 2.05) is 0 Å². The van der Waals surface area contributed by atoms with E-state index >= 15 is 0 Å². The zero-order chi connectivity index (χ0) is 10.0. The van der Waals surface area contributed by atoms with E-state index < -0.39 is 0 Å². The molecular formula is C12H21ClO. The second kappa shape index (κ2) is 4.40. The molecule has 1 nitrogen and oxygen atoms in total. The fraction of sp³-hybridized carbons (Fsp3) is 1.00. The van der Waals surface area contributed by atoms with Crippen molar-refractivity contribution >= 4 is 11.6 Å². The summed E-state index contributed by atoms with van der Waals surface area (Å²) in [5.74, 6) is 1.73. The van der Waals surface area contributed by atoms with Gasteiger partial charge in [-0.2, -0.15) is 0 Å². The van der Waals surface area contributed by atoms with E-state index in [1.54, 1.807) is 0 Å². The summed E-state index contributed by atoms with van der Waals surface area (Å²) in [6.07, 6.45) is 8.33. The van der Waals surface area contributed by atoms with Crippen LogP contribution in [0.2, 0.25) is 0 Å². The minimum absolute atomic E-state index is 0.396. The summed E-state index contributed by atoms with van der Waals surface area (Å²) in [5, 5.41) is 0. The van der Waals surface area contributed by atoms with Crippen LogP contribution in [-0.2, 0) is 4.74 Å². The maximum atomic E-state index is 6.09. The summed E-state index contributed by atoms with van der Waals surface area (Å²) >= 11 is 6.09. The lowest BCUT2D eigenvalue weighted by atomic mass is 9.81. The van der Waals surface area contributed by atoms with Crippen molar-refractivity contribution in [2.45, 2.75) is 51.6 Å². The highest BCUT2D eigenvalue weighted by atomic mass is 35.5. The molecule has 0 radical (unpaired) electrons. The van der Waals surface area contributed by atoms with Gasteiger partial charge in [-0.05, 0) is 49.9 Å². The van der Waals surface area contributed by atoms with Crippen LogP contribution in [0.4, 0.5) is 0 Å². The van der Waals surface area contributed by atoms with Crippen molar-refractivity contribution in [1.29, 1.82) is 0 Å². The molecular weight excluding hydrogens is 196 g/mol. The van der Waals surface area contributed by atoms with Crippen molar-refractivity contribution in [2.24, 2.45) is 11.3 Å². The molecule has 2 heteroatoms. The molecule has 0 aromatic carbocycles. The van der Waals surface area contributed by atoms with Gasteiger partial charge < -0.3 is 4.74 Å². The number of hydrogen-bond acceptors (Lipinski definition) is 1. The summed E-state index contributed by atoms with van der Waals surface area (Å²) in [6, 6.07) is 0. The third-order valence-corrected chi connectivity index (χ3v) is 4.54. The Bertz CT molecular complexity index is 185. The third kappa shape index (κ3) is 2.43. The molecule has 1 aliphatic heterocycles. The molecule has 0 spiro atoms. The van der Waals surface area contributed by atoms with Gasteiger partial charge in [0.25, 0.3) is 0 Å². The molecule has 0 amide bonds. The van der Waals surface area contributed by atoms with E-state index in [0.29, 0.717) is 11.5 Å². The van der Waals surface area contributed by atoms with Crippen LogP contribution in [0.5, 0.6) is 0 Å². The van der Waals surface area contributed by atoms with Crippen LogP contribution in [0.25, 0.3) is 0 Å². The number of hydrogen-bond donors (Lipinski definition) is 0. The molecule has 2 unspecified atom stereocenters. The largest absolute Gasteiger partial charge is 0.378 e. The summed E-state index contributed by atoms with van der Waals surface area (Å²) in [5.41, 5.74) is 0.396. The van der Waals surface area contributed by atoms with Gasteiger partial charge in [0.15, 0.2) is 0 Å². The van der Waals surface area contributed by atoms with Crippen molar-refractivity contribution in [3.8, 4) is 0 Å².